The predicted molar refractivity (Wildman–Crippen MR) is 96.3 cm³/mol. The molecular weight excluding hydrogens is 330 g/mol. The maximum atomic E-state index is 13.2. The van der Waals surface area contributed by atoms with Crippen molar-refractivity contribution in [3.05, 3.63) is 35.4 Å². The van der Waals surface area contributed by atoms with Gasteiger partial charge in [-0.3, -0.25) is 14.5 Å². The van der Waals surface area contributed by atoms with Crippen LogP contribution in [0.2, 0.25) is 0 Å². The summed E-state index contributed by atoms with van der Waals surface area (Å²) in [6, 6.07) is 7.50. The Hall–Kier alpha value is -2.37. The van der Waals surface area contributed by atoms with Gasteiger partial charge >= 0.3 is 6.03 Å². The van der Waals surface area contributed by atoms with E-state index in [1.54, 1.807) is 0 Å². The van der Waals surface area contributed by atoms with Crippen LogP contribution >= 0.6 is 0 Å². The summed E-state index contributed by atoms with van der Waals surface area (Å²) >= 11 is 0. The minimum Gasteiger partial charge on any atom is -0.338 e. The predicted octanol–water partition coefficient (Wildman–Crippen LogP) is 2.17. The summed E-state index contributed by atoms with van der Waals surface area (Å²) in [4.78, 5) is 41.5. The molecule has 0 radical (unpaired) electrons. The van der Waals surface area contributed by atoms with Crippen molar-refractivity contribution in [3.8, 4) is 0 Å². The highest BCUT2D eigenvalue weighted by molar-refractivity contribution is 6.09. The Morgan fingerprint density at radius 3 is 2.85 bits per heavy atom. The molecule has 2 fully saturated rings. The lowest BCUT2D eigenvalue weighted by atomic mass is 9.76. The number of hydrogen-bond donors (Lipinski definition) is 1. The van der Waals surface area contributed by atoms with Crippen LogP contribution in [0.1, 0.15) is 50.2 Å². The lowest BCUT2D eigenvalue weighted by molar-refractivity contribution is -0.141. The van der Waals surface area contributed by atoms with Gasteiger partial charge in [0.05, 0.1) is 0 Å². The van der Waals surface area contributed by atoms with E-state index < -0.39 is 11.6 Å². The van der Waals surface area contributed by atoms with Gasteiger partial charge in [-0.2, -0.15) is 0 Å². The molecule has 1 spiro atoms. The van der Waals surface area contributed by atoms with E-state index in [0.717, 1.165) is 48.1 Å². The van der Waals surface area contributed by atoms with Gasteiger partial charge in [0.15, 0.2) is 0 Å². The first-order valence-corrected chi connectivity index (χ1v) is 9.55. The van der Waals surface area contributed by atoms with Crippen molar-refractivity contribution >= 4 is 17.8 Å². The van der Waals surface area contributed by atoms with Gasteiger partial charge in [0.1, 0.15) is 12.1 Å². The number of likely N-dealkylation sites (tertiary alicyclic amines) is 1. The number of urea groups is 1. The van der Waals surface area contributed by atoms with Crippen LogP contribution in [-0.2, 0) is 21.5 Å². The number of rotatable bonds is 2. The van der Waals surface area contributed by atoms with Gasteiger partial charge in [-0.25, -0.2) is 4.79 Å². The molecule has 2 aliphatic heterocycles. The second-order valence-corrected chi connectivity index (χ2v) is 7.67. The fourth-order valence-electron chi connectivity index (χ4n) is 4.65. The lowest BCUT2D eigenvalue weighted by Gasteiger charge is -2.35. The van der Waals surface area contributed by atoms with Crippen molar-refractivity contribution in [2.24, 2.45) is 0 Å². The highest BCUT2D eigenvalue weighted by Gasteiger charge is 2.54. The van der Waals surface area contributed by atoms with Crippen molar-refractivity contribution in [2.75, 3.05) is 13.1 Å². The monoisotopic (exact) mass is 355 g/mol. The van der Waals surface area contributed by atoms with Gasteiger partial charge in [0.2, 0.25) is 5.91 Å². The molecule has 4 rings (SSSR count). The molecule has 1 aromatic carbocycles. The number of carbonyl (C=O) groups excluding carboxylic acids is 3. The first-order valence-electron chi connectivity index (χ1n) is 9.55. The highest BCUT2D eigenvalue weighted by atomic mass is 16.2. The Balaban J connectivity index is 1.58. The van der Waals surface area contributed by atoms with Gasteiger partial charge in [-0.1, -0.05) is 24.3 Å². The summed E-state index contributed by atoms with van der Waals surface area (Å²) in [5.74, 6) is -0.422. The van der Waals surface area contributed by atoms with Crippen molar-refractivity contribution in [1.82, 2.24) is 15.1 Å². The third-order valence-electron chi connectivity index (χ3n) is 6.07. The molecule has 26 heavy (non-hydrogen) atoms. The van der Waals surface area contributed by atoms with E-state index >= 15 is 0 Å². The van der Waals surface area contributed by atoms with E-state index in [0.29, 0.717) is 13.0 Å². The molecule has 0 saturated carbocycles. The Morgan fingerprint density at radius 1 is 1.23 bits per heavy atom. The molecule has 6 nitrogen and oxygen atoms in total. The Kier molecular flexibility index (Phi) is 4.21. The third-order valence-corrected chi connectivity index (χ3v) is 6.07. The fourth-order valence-corrected chi connectivity index (χ4v) is 4.65. The number of amides is 4. The molecule has 138 valence electrons. The van der Waals surface area contributed by atoms with Crippen molar-refractivity contribution in [3.63, 3.8) is 0 Å². The largest absolute Gasteiger partial charge is 0.338 e. The van der Waals surface area contributed by atoms with Gasteiger partial charge in [-0.05, 0) is 56.6 Å². The number of hydrogen-bond acceptors (Lipinski definition) is 3. The van der Waals surface area contributed by atoms with Gasteiger partial charge in [-0.15, -0.1) is 0 Å². The molecule has 1 aliphatic carbocycles. The molecule has 1 aromatic rings. The van der Waals surface area contributed by atoms with Crippen LogP contribution in [0, 0.1) is 0 Å². The quantitative estimate of drug-likeness (QED) is 0.827. The number of carbonyl (C=O) groups is 3. The number of piperidine rings is 1. The van der Waals surface area contributed by atoms with E-state index in [9.17, 15) is 14.4 Å². The SMILES string of the molecule is C[C@H]1CCCCN1C(=O)CN1C(=O)N[C@]2(CCCc3ccccc32)C1=O. The fraction of sp³-hybridized carbons (Fsp3) is 0.550. The zero-order valence-corrected chi connectivity index (χ0v) is 15.2. The maximum Gasteiger partial charge on any atom is 0.325 e. The first kappa shape index (κ1) is 17.1. The number of aryl methyl sites for hydroxylation is 1. The molecule has 6 heteroatoms. The molecule has 1 N–H and O–H groups in total. The van der Waals surface area contributed by atoms with Crippen LogP contribution in [0.25, 0.3) is 0 Å². The molecule has 3 aliphatic rings. The lowest BCUT2D eigenvalue weighted by Crippen LogP contribution is -2.49. The number of nitrogens with one attached hydrogen (secondary N) is 1. The minimum absolute atomic E-state index is 0.137. The number of benzene rings is 1. The minimum atomic E-state index is -1.00. The first-order chi connectivity index (χ1) is 12.5. The maximum absolute atomic E-state index is 13.2. The second kappa shape index (κ2) is 6.41. The topological polar surface area (TPSA) is 69.7 Å². The Bertz CT molecular complexity index is 762. The summed E-state index contributed by atoms with van der Waals surface area (Å²) in [6.07, 6.45) is 5.41. The van der Waals surface area contributed by atoms with E-state index in [2.05, 4.69) is 5.32 Å². The summed E-state index contributed by atoms with van der Waals surface area (Å²) in [7, 11) is 0. The van der Waals surface area contributed by atoms with Crippen molar-refractivity contribution < 1.29 is 14.4 Å². The second-order valence-electron chi connectivity index (χ2n) is 7.67. The standard InChI is InChI=1S/C20H25N3O3/c1-14-7-4-5-12-22(14)17(24)13-23-18(25)20(21-19(23)26)11-6-9-15-8-2-3-10-16(15)20/h2-3,8,10,14H,4-7,9,11-13H2,1H3,(H,21,26)/t14-,20-/m0/s1. The van der Waals surface area contributed by atoms with E-state index in [1.165, 1.54) is 0 Å². The summed E-state index contributed by atoms with van der Waals surface area (Å²) in [5, 5.41) is 2.91. The highest BCUT2D eigenvalue weighted by Crippen LogP contribution is 2.39. The van der Waals surface area contributed by atoms with Crippen molar-refractivity contribution in [2.45, 2.75) is 57.0 Å². The van der Waals surface area contributed by atoms with Crippen LogP contribution < -0.4 is 5.32 Å². The van der Waals surface area contributed by atoms with Gasteiger partial charge in [0.25, 0.3) is 5.91 Å². The summed E-state index contributed by atoms with van der Waals surface area (Å²) in [5.41, 5.74) is 0.982. The van der Waals surface area contributed by atoms with Crippen molar-refractivity contribution in [1.29, 1.82) is 0 Å². The normalized spacial score (nSPS) is 28.3. The zero-order chi connectivity index (χ0) is 18.3. The average Bonchev–Trinajstić information content (AvgIpc) is 2.87. The molecule has 2 heterocycles. The van der Waals surface area contributed by atoms with Crippen LogP contribution in [0.3, 0.4) is 0 Å². The molecule has 0 unspecified atom stereocenters. The molecule has 0 aromatic heterocycles. The molecule has 4 amide bonds. The molecule has 2 atom stereocenters. The molecular formula is C20H25N3O3. The molecule has 0 bridgehead atoms. The van der Waals surface area contributed by atoms with Crippen LogP contribution in [0.4, 0.5) is 4.79 Å². The summed E-state index contributed by atoms with van der Waals surface area (Å²) < 4.78 is 0. The molecule has 2 saturated heterocycles. The number of imide groups is 1. The van der Waals surface area contributed by atoms with E-state index in [4.69, 9.17) is 0 Å². The van der Waals surface area contributed by atoms with Crippen LogP contribution in [0.15, 0.2) is 24.3 Å². The van der Waals surface area contributed by atoms with Gasteiger partial charge in [0, 0.05) is 12.6 Å². The van der Waals surface area contributed by atoms with E-state index in [1.807, 2.05) is 36.1 Å². The zero-order valence-electron chi connectivity index (χ0n) is 15.2. The van der Waals surface area contributed by atoms with Gasteiger partial charge < -0.3 is 10.2 Å². The number of fused-ring (bicyclic) bond motifs is 2. The summed E-state index contributed by atoms with van der Waals surface area (Å²) in [6.45, 7) is 2.57. The average molecular weight is 355 g/mol. The van der Waals surface area contributed by atoms with Crippen LogP contribution in [0.5, 0.6) is 0 Å². The Labute approximate surface area is 153 Å². The van der Waals surface area contributed by atoms with Crippen LogP contribution in [-0.4, -0.2) is 46.8 Å². The smallest absolute Gasteiger partial charge is 0.325 e. The number of nitrogens with zero attached hydrogens (tertiary/aromatic N) is 2. The third kappa shape index (κ3) is 2.59. The Morgan fingerprint density at radius 2 is 2.04 bits per heavy atom. The van der Waals surface area contributed by atoms with E-state index in [-0.39, 0.29) is 24.4 Å².